The number of hydrogen-bond acceptors (Lipinski definition) is 9. The van der Waals surface area contributed by atoms with E-state index in [2.05, 4.69) is 10.1 Å². The van der Waals surface area contributed by atoms with E-state index in [0.717, 1.165) is 28.0 Å². The van der Waals surface area contributed by atoms with E-state index in [4.69, 9.17) is 14.2 Å². The molecule has 0 aliphatic carbocycles. The van der Waals surface area contributed by atoms with Crippen LogP contribution in [0.1, 0.15) is 49.8 Å². The molecule has 44 heavy (non-hydrogen) atoms. The van der Waals surface area contributed by atoms with Gasteiger partial charge in [-0.1, -0.05) is 6.07 Å². The fraction of sp³-hybridized carbons (Fsp3) is 0.393. The highest BCUT2D eigenvalue weighted by Crippen LogP contribution is 2.19. The van der Waals surface area contributed by atoms with Crippen molar-refractivity contribution in [2.75, 3.05) is 25.5 Å². The minimum absolute atomic E-state index is 0. The molecule has 0 fully saturated rings. The Morgan fingerprint density at radius 2 is 1.80 bits per heavy atom. The van der Waals surface area contributed by atoms with Crippen LogP contribution in [0.15, 0.2) is 49.2 Å². The highest BCUT2D eigenvalue weighted by molar-refractivity contribution is 5.96. The van der Waals surface area contributed by atoms with Crippen LogP contribution in [0.25, 0.3) is 0 Å². The topological polar surface area (TPSA) is 137 Å². The number of Topliss-reactive ketones (excluding diaryl/α,β-unsaturated/α-hetero) is 1. The first kappa shape index (κ1) is 36.0. The number of ketones is 1. The summed E-state index contributed by atoms with van der Waals surface area (Å²) in [5, 5.41) is 4.01. The molecule has 0 saturated carbocycles. The Hall–Kier alpha value is -4.22. The average molecular weight is 731 g/mol. The highest BCUT2D eigenvalue weighted by atomic mass is 127. The summed E-state index contributed by atoms with van der Waals surface area (Å²) in [7, 11) is 2.82. The predicted molar refractivity (Wildman–Crippen MR) is 146 cm³/mol. The van der Waals surface area contributed by atoms with Gasteiger partial charge < -0.3 is 43.1 Å². The van der Waals surface area contributed by atoms with Crippen LogP contribution in [0, 0.1) is 11.6 Å². The molecule has 0 saturated heterocycles. The van der Waals surface area contributed by atoms with Gasteiger partial charge in [0.2, 0.25) is 18.3 Å². The Morgan fingerprint density at radius 3 is 2.48 bits per heavy atom. The second-order valence-corrected chi connectivity index (χ2v) is 10.5. The Labute approximate surface area is 269 Å². The molecule has 0 N–H and O–H groups in total. The van der Waals surface area contributed by atoms with Crippen LogP contribution in [0.3, 0.4) is 0 Å². The molecule has 2 aromatic heterocycles. The molecule has 3 rings (SSSR count). The van der Waals surface area contributed by atoms with E-state index in [1.807, 2.05) is 0 Å². The van der Waals surface area contributed by atoms with Gasteiger partial charge >= 0.3 is 18.2 Å². The number of halogens is 3. The first-order chi connectivity index (χ1) is 20.1. The SMILES string of the molecule is CC(OC(=O)N(C)c1ncccc1COC(=O)CN(C)C(=O)OC(C)(C)C)[n+]1cnn(CC(=O)c2cc(F)ccc2F)c1.[I-]. The van der Waals surface area contributed by atoms with Crippen LogP contribution in [-0.2, 0) is 32.2 Å². The third-order valence-corrected chi connectivity index (χ3v) is 5.74. The van der Waals surface area contributed by atoms with Gasteiger partial charge in [-0.15, -0.1) is 4.68 Å². The third kappa shape index (κ3) is 10.2. The molecule has 1 unspecified atom stereocenters. The molecule has 0 aliphatic rings. The van der Waals surface area contributed by atoms with E-state index >= 15 is 0 Å². The zero-order valence-corrected chi connectivity index (χ0v) is 27.1. The summed E-state index contributed by atoms with van der Waals surface area (Å²) < 4.78 is 45.9. The standard InChI is InChI=1S/C28H33F2N6O7.HI/c1-18(35-16-32-36(17-35)13-23(37)21-12-20(29)9-10-22(21)30)42-27(40)34(6)25-19(8-7-11-31-25)15-41-24(38)14-33(5)26(39)43-28(2,3)4;/h7-12,16-18H,13-15H2,1-6H3;1H/q+1;/p-1. The van der Waals surface area contributed by atoms with Crippen LogP contribution in [0.5, 0.6) is 0 Å². The number of benzene rings is 1. The number of rotatable bonds is 10. The van der Waals surface area contributed by atoms with Crippen LogP contribution in [-0.4, -0.2) is 69.8 Å². The number of hydrogen-bond donors (Lipinski definition) is 0. The molecular weight excluding hydrogens is 697 g/mol. The second-order valence-electron chi connectivity index (χ2n) is 10.5. The van der Waals surface area contributed by atoms with Crippen molar-refractivity contribution in [3.8, 4) is 0 Å². The number of likely N-dealkylation sites (N-methyl/N-ethyl adjacent to an activating group) is 1. The lowest BCUT2D eigenvalue weighted by molar-refractivity contribution is -0.753. The normalized spacial score (nSPS) is 11.5. The van der Waals surface area contributed by atoms with Crippen LogP contribution >= 0.6 is 0 Å². The maximum atomic E-state index is 13.9. The van der Waals surface area contributed by atoms with Crippen LogP contribution < -0.4 is 33.4 Å². The number of pyridine rings is 1. The van der Waals surface area contributed by atoms with Crippen molar-refractivity contribution in [3.63, 3.8) is 0 Å². The van der Waals surface area contributed by atoms with Gasteiger partial charge in [0, 0.05) is 37.9 Å². The van der Waals surface area contributed by atoms with Crippen molar-refractivity contribution in [2.45, 2.75) is 52.7 Å². The predicted octanol–water partition coefficient (Wildman–Crippen LogP) is 0.432. The molecule has 3 aromatic rings. The molecule has 13 nitrogen and oxygen atoms in total. The number of amides is 2. The van der Waals surface area contributed by atoms with Crippen molar-refractivity contribution in [2.24, 2.45) is 0 Å². The molecule has 16 heteroatoms. The summed E-state index contributed by atoms with van der Waals surface area (Å²) in [5.41, 5.74) is -0.735. The Balaban J connectivity index is 0.00000675. The summed E-state index contributed by atoms with van der Waals surface area (Å²) in [6, 6.07) is 5.80. The van der Waals surface area contributed by atoms with Crippen molar-refractivity contribution < 1.29 is 70.7 Å². The molecule has 0 radical (unpaired) electrons. The van der Waals surface area contributed by atoms with Gasteiger partial charge in [-0.25, -0.2) is 23.4 Å². The number of nitrogens with zero attached hydrogens (tertiary/aromatic N) is 6. The molecule has 0 spiro atoms. The van der Waals surface area contributed by atoms with Crippen LogP contribution in [0.2, 0.25) is 0 Å². The van der Waals surface area contributed by atoms with E-state index in [0.29, 0.717) is 5.56 Å². The van der Waals surface area contributed by atoms with Gasteiger partial charge in [-0.2, -0.15) is 4.57 Å². The molecule has 2 heterocycles. The number of carbonyl (C=O) groups excluding carboxylic acids is 4. The molecule has 238 valence electrons. The molecule has 0 bridgehead atoms. The third-order valence-electron chi connectivity index (χ3n) is 5.74. The molecule has 1 atom stereocenters. The monoisotopic (exact) mass is 730 g/mol. The summed E-state index contributed by atoms with van der Waals surface area (Å²) in [5.74, 6) is -2.83. The van der Waals surface area contributed by atoms with Crippen molar-refractivity contribution in [1.82, 2.24) is 19.7 Å². The van der Waals surface area contributed by atoms with Crippen molar-refractivity contribution in [1.29, 1.82) is 0 Å². The maximum Gasteiger partial charge on any atom is 0.418 e. The minimum Gasteiger partial charge on any atom is -1.00 e. The quantitative estimate of drug-likeness (QED) is 0.0957. The van der Waals surface area contributed by atoms with Gasteiger partial charge in [0.1, 0.15) is 36.2 Å². The lowest BCUT2D eigenvalue weighted by Gasteiger charge is -2.24. The van der Waals surface area contributed by atoms with Crippen molar-refractivity contribution in [3.05, 3.63) is 71.9 Å². The highest BCUT2D eigenvalue weighted by Gasteiger charge is 2.25. The molecule has 0 aliphatic heterocycles. The minimum atomic E-state index is -0.891. The summed E-state index contributed by atoms with van der Waals surface area (Å²) in [6.45, 7) is 5.70. The zero-order chi connectivity index (χ0) is 31.9. The van der Waals surface area contributed by atoms with Gasteiger partial charge in [0.25, 0.3) is 6.33 Å². The van der Waals surface area contributed by atoms with Gasteiger partial charge in [0.15, 0.2) is 6.54 Å². The Kier molecular flexibility index (Phi) is 12.7. The maximum absolute atomic E-state index is 13.9. The zero-order valence-electron chi connectivity index (χ0n) is 25.0. The van der Waals surface area contributed by atoms with Gasteiger partial charge in [-0.05, 0) is 45.0 Å². The smallest absolute Gasteiger partial charge is 0.418 e. The number of anilines is 1. The average Bonchev–Trinajstić information content (AvgIpc) is 3.40. The van der Waals surface area contributed by atoms with E-state index in [1.165, 1.54) is 42.2 Å². The molecule has 2 amide bonds. The van der Waals surface area contributed by atoms with Gasteiger partial charge in [0.05, 0.1) is 5.56 Å². The van der Waals surface area contributed by atoms with E-state index in [-0.39, 0.29) is 49.5 Å². The molecular formula is C28H33F2IN6O7. The van der Waals surface area contributed by atoms with E-state index in [1.54, 1.807) is 39.8 Å². The van der Waals surface area contributed by atoms with E-state index < -0.39 is 53.0 Å². The lowest BCUT2D eigenvalue weighted by atomic mass is 10.1. The number of carbonyl (C=O) groups is 4. The summed E-state index contributed by atoms with van der Waals surface area (Å²) >= 11 is 0. The molecule has 1 aromatic carbocycles. The lowest BCUT2D eigenvalue weighted by Crippen LogP contribution is -3.00. The Morgan fingerprint density at radius 1 is 1.09 bits per heavy atom. The number of aromatic nitrogens is 4. The fourth-order valence-electron chi connectivity index (χ4n) is 3.57. The fourth-order valence-corrected chi connectivity index (χ4v) is 3.57. The first-order valence-electron chi connectivity index (χ1n) is 13.0. The first-order valence-corrected chi connectivity index (χ1v) is 13.0. The van der Waals surface area contributed by atoms with Crippen molar-refractivity contribution >= 4 is 29.8 Å². The summed E-state index contributed by atoms with van der Waals surface area (Å²) in [4.78, 5) is 56.2. The van der Waals surface area contributed by atoms with E-state index in [9.17, 15) is 28.0 Å². The van der Waals surface area contributed by atoms with Crippen LogP contribution in [0.4, 0.5) is 24.2 Å². The largest absolute Gasteiger partial charge is 1.00 e. The Bertz CT molecular complexity index is 1500. The second kappa shape index (κ2) is 15.5. The number of esters is 1. The summed E-state index contributed by atoms with van der Waals surface area (Å²) in [6.07, 6.45) is 1.74. The number of ether oxygens (including phenoxy) is 3. The van der Waals surface area contributed by atoms with Gasteiger partial charge in [-0.3, -0.25) is 14.5 Å².